The summed E-state index contributed by atoms with van der Waals surface area (Å²) in [5.74, 6) is -9.09. The highest BCUT2D eigenvalue weighted by molar-refractivity contribution is 5.66. The van der Waals surface area contributed by atoms with Gasteiger partial charge in [-0.25, -0.2) is 22.0 Å². The summed E-state index contributed by atoms with van der Waals surface area (Å²) in [5, 5.41) is 0. The molecule has 2 unspecified atom stereocenters. The van der Waals surface area contributed by atoms with Crippen molar-refractivity contribution < 1.29 is 48.6 Å². The van der Waals surface area contributed by atoms with Crippen molar-refractivity contribution in [1.29, 1.82) is 0 Å². The molecule has 0 spiro atoms. The lowest BCUT2D eigenvalue weighted by molar-refractivity contribution is -0.185. The van der Waals surface area contributed by atoms with Gasteiger partial charge in [-0.3, -0.25) is 0 Å². The van der Waals surface area contributed by atoms with E-state index in [0.717, 1.165) is 24.3 Å². The molecule has 0 aliphatic heterocycles. The lowest BCUT2D eigenvalue weighted by Crippen LogP contribution is -2.22. The minimum atomic E-state index is -5.32. The Balaban J connectivity index is 1.54. The van der Waals surface area contributed by atoms with Crippen LogP contribution in [-0.2, 0) is 12.3 Å². The summed E-state index contributed by atoms with van der Waals surface area (Å²) in [6.07, 6.45) is -8.16. The fourth-order valence-corrected chi connectivity index (χ4v) is 4.59. The zero-order valence-corrected chi connectivity index (χ0v) is 20.2. The number of hydrogen-bond acceptors (Lipinski definition) is 1. The van der Waals surface area contributed by atoms with Crippen molar-refractivity contribution in [2.45, 2.75) is 44.4 Å². The lowest BCUT2D eigenvalue weighted by atomic mass is 9.81. The van der Waals surface area contributed by atoms with Crippen molar-refractivity contribution in [2.24, 2.45) is 5.92 Å². The third-order valence-corrected chi connectivity index (χ3v) is 6.66. The quantitative estimate of drug-likeness (QED) is 0.272. The van der Waals surface area contributed by atoms with Crippen molar-refractivity contribution in [3.05, 3.63) is 100 Å². The second kappa shape index (κ2) is 10.6. The predicted molar refractivity (Wildman–Crippen MR) is 123 cm³/mol. The van der Waals surface area contributed by atoms with E-state index in [1.807, 2.05) is 0 Å². The Morgan fingerprint density at radius 1 is 0.744 bits per heavy atom. The topological polar surface area (TPSA) is 9.23 Å². The third kappa shape index (κ3) is 5.77. The fraction of sp³-hybridized carbons (Fsp3) is 0.286. The molecule has 0 N–H and O–H groups in total. The van der Waals surface area contributed by atoms with E-state index >= 15 is 0 Å². The normalized spacial score (nSPS) is 18.4. The van der Waals surface area contributed by atoms with E-state index in [-0.39, 0.29) is 12.1 Å². The molecule has 2 atom stereocenters. The Kier molecular flexibility index (Phi) is 7.73. The molecule has 0 radical (unpaired) electrons. The number of rotatable bonds is 6. The molecule has 0 amide bonds. The highest BCUT2D eigenvalue weighted by atomic mass is 19.4. The number of allylic oxidation sites excluding steroid dienone is 2. The van der Waals surface area contributed by atoms with E-state index in [4.69, 9.17) is 0 Å². The Bertz CT molecular complexity index is 1370. The molecule has 3 aromatic rings. The Morgan fingerprint density at radius 3 is 1.90 bits per heavy atom. The van der Waals surface area contributed by atoms with Crippen LogP contribution >= 0.6 is 0 Å². The first-order chi connectivity index (χ1) is 18.2. The second-order valence-corrected chi connectivity index (χ2v) is 9.13. The second-order valence-electron chi connectivity index (χ2n) is 9.13. The van der Waals surface area contributed by atoms with Gasteiger partial charge in [-0.1, -0.05) is 19.1 Å². The first-order valence-corrected chi connectivity index (χ1v) is 11.8. The molecule has 4 rings (SSSR count). The van der Waals surface area contributed by atoms with Gasteiger partial charge < -0.3 is 4.74 Å². The van der Waals surface area contributed by atoms with Crippen molar-refractivity contribution in [3.63, 3.8) is 0 Å². The summed E-state index contributed by atoms with van der Waals surface area (Å²) in [6.45, 7) is 1.74. The molecule has 0 saturated carbocycles. The van der Waals surface area contributed by atoms with Crippen molar-refractivity contribution in [3.8, 4) is 16.9 Å². The van der Waals surface area contributed by atoms with E-state index in [1.165, 1.54) is 12.1 Å². The van der Waals surface area contributed by atoms with Crippen LogP contribution in [0, 0.1) is 23.4 Å². The number of alkyl halides is 5. The van der Waals surface area contributed by atoms with Gasteiger partial charge in [-0.2, -0.15) is 22.0 Å². The van der Waals surface area contributed by atoms with Gasteiger partial charge in [0.1, 0.15) is 40.4 Å². The molecular formula is C28H20F10O. The fourth-order valence-electron chi connectivity index (χ4n) is 4.59. The molecule has 0 fully saturated rings. The minimum Gasteiger partial charge on any atom is -0.429 e. The zero-order valence-electron chi connectivity index (χ0n) is 20.2. The number of hydrogen-bond donors (Lipinski definition) is 0. The molecule has 208 valence electrons. The molecule has 0 aromatic heterocycles. The van der Waals surface area contributed by atoms with Gasteiger partial charge in [0.15, 0.2) is 0 Å². The van der Waals surface area contributed by atoms with Crippen LogP contribution < -0.4 is 4.74 Å². The van der Waals surface area contributed by atoms with Crippen molar-refractivity contribution >= 4 is 0 Å². The summed E-state index contributed by atoms with van der Waals surface area (Å²) < 4.78 is 144. The monoisotopic (exact) mass is 562 g/mol. The van der Waals surface area contributed by atoms with Crippen LogP contribution in [0.25, 0.3) is 11.1 Å². The summed E-state index contributed by atoms with van der Waals surface area (Å²) in [6, 6.07) is 7.07. The summed E-state index contributed by atoms with van der Waals surface area (Å²) in [4.78, 5) is 0. The predicted octanol–water partition coefficient (Wildman–Crippen LogP) is 9.97. The smallest absolute Gasteiger partial charge is 0.426 e. The molecule has 0 heterocycles. The van der Waals surface area contributed by atoms with Crippen LogP contribution in [0.3, 0.4) is 0 Å². The van der Waals surface area contributed by atoms with Gasteiger partial charge in [-0.05, 0) is 66.8 Å². The Labute approximate surface area is 216 Å². The largest absolute Gasteiger partial charge is 0.429 e. The molecule has 11 heteroatoms. The number of benzene rings is 3. The van der Waals surface area contributed by atoms with Crippen LogP contribution in [0.1, 0.15) is 48.8 Å². The molecule has 1 aliphatic rings. The maximum Gasteiger partial charge on any atom is 0.426 e. The van der Waals surface area contributed by atoms with Gasteiger partial charge >= 0.3 is 12.3 Å². The molecule has 39 heavy (non-hydrogen) atoms. The lowest BCUT2D eigenvalue weighted by Gasteiger charge is -2.26. The van der Waals surface area contributed by atoms with Crippen LogP contribution in [0.4, 0.5) is 43.9 Å². The van der Waals surface area contributed by atoms with Gasteiger partial charge in [0.05, 0.1) is 5.56 Å². The highest BCUT2D eigenvalue weighted by Gasteiger charge is 2.39. The zero-order chi connectivity index (χ0) is 28.7. The van der Waals surface area contributed by atoms with E-state index in [9.17, 15) is 43.9 Å². The van der Waals surface area contributed by atoms with Crippen molar-refractivity contribution in [1.82, 2.24) is 0 Å². The average Bonchev–Trinajstić information content (AvgIpc) is 2.84. The van der Waals surface area contributed by atoms with Crippen molar-refractivity contribution in [2.75, 3.05) is 0 Å². The molecule has 0 saturated heterocycles. The minimum absolute atomic E-state index is 0.277. The standard InChI is InChI=1S/C28H20F10O/c1-2-14-5-9-20(26(33)25(14)32)15-3-6-17(7-4-15)28(37,38)39-18-8-10-19(21(29)13-18)16-11-22(30)24(23(31)12-16)27(34,35)36/h3-4,6-8,10-14,20H,2,5,9H2,1H3. The average molecular weight is 562 g/mol. The van der Waals surface area contributed by atoms with Gasteiger partial charge in [0.25, 0.3) is 0 Å². The van der Waals surface area contributed by atoms with E-state index in [2.05, 4.69) is 4.74 Å². The molecule has 3 aromatic carbocycles. The Hall–Kier alpha value is -3.50. The van der Waals surface area contributed by atoms with E-state index < -0.39 is 81.2 Å². The number of ether oxygens (including phenoxy) is 1. The first-order valence-electron chi connectivity index (χ1n) is 11.8. The van der Waals surface area contributed by atoms with Crippen LogP contribution in [-0.4, -0.2) is 0 Å². The van der Waals surface area contributed by atoms with Gasteiger partial charge in [0.2, 0.25) is 0 Å². The summed E-state index contributed by atoms with van der Waals surface area (Å²) >= 11 is 0. The molecule has 0 bridgehead atoms. The van der Waals surface area contributed by atoms with E-state index in [1.54, 1.807) is 6.92 Å². The molecule has 1 aliphatic carbocycles. The summed E-state index contributed by atoms with van der Waals surface area (Å²) in [7, 11) is 0. The molecule has 1 nitrogen and oxygen atoms in total. The third-order valence-electron chi connectivity index (χ3n) is 6.66. The first kappa shape index (κ1) is 28.5. The number of halogens is 10. The maximum atomic E-state index is 14.8. The van der Waals surface area contributed by atoms with Crippen LogP contribution in [0.15, 0.2) is 66.3 Å². The summed E-state index contributed by atoms with van der Waals surface area (Å²) in [5.41, 5.74) is -3.66. The SMILES string of the molecule is CCC1CCC(c2ccc(C(F)(F)Oc3ccc(-c4cc(F)c(C(F)(F)F)c(F)c4)c(F)c3)cc2)C(F)=C1F. The highest BCUT2D eigenvalue weighted by Crippen LogP contribution is 2.43. The Morgan fingerprint density at radius 2 is 1.36 bits per heavy atom. The maximum absolute atomic E-state index is 14.8. The van der Waals surface area contributed by atoms with Gasteiger partial charge in [-0.15, -0.1) is 0 Å². The van der Waals surface area contributed by atoms with Crippen LogP contribution in [0.5, 0.6) is 5.75 Å². The molecular weight excluding hydrogens is 542 g/mol. The van der Waals surface area contributed by atoms with E-state index in [0.29, 0.717) is 30.9 Å². The van der Waals surface area contributed by atoms with Gasteiger partial charge in [0, 0.05) is 23.5 Å². The van der Waals surface area contributed by atoms with Crippen LogP contribution in [0.2, 0.25) is 0 Å².